The van der Waals surface area contributed by atoms with Crippen LogP contribution in [-0.2, 0) is 14.4 Å². The van der Waals surface area contributed by atoms with E-state index in [1.165, 1.54) is 17.3 Å². The van der Waals surface area contributed by atoms with Gasteiger partial charge in [0.05, 0.1) is 11.8 Å². The van der Waals surface area contributed by atoms with Gasteiger partial charge >= 0.3 is 0 Å². The van der Waals surface area contributed by atoms with Crippen molar-refractivity contribution in [3.05, 3.63) is 12.7 Å². The maximum atomic E-state index is 12.2. The molecule has 2 fully saturated rings. The minimum absolute atomic E-state index is 0.210. The van der Waals surface area contributed by atoms with Crippen LogP contribution in [0.15, 0.2) is 12.7 Å². The predicted octanol–water partition coefficient (Wildman–Crippen LogP) is -0.477. The lowest BCUT2D eigenvalue weighted by molar-refractivity contribution is -0.142. The van der Waals surface area contributed by atoms with E-state index >= 15 is 0 Å². The van der Waals surface area contributed by atoms with Gasteiger partial charge in [0.25, 0.3) is 5.91 Å². The molecule has 2 heterocycles. The van der Waals surface area contributed by atoms with E-state index in [4.69, 9.17) is 0 Å². The fraction of sp³-hybridized carbons (Fsp3) is 0.583. The van der Waals surface area contributed by atoms with Crippen LogP contribution in [0.25, 0.3) is 0 Å². The minimum Gasteiger partial charge on any atom is -0.274 e. The molecule has 20 heavy (non-hydrogen) atoms. The van der Waals surface area contributed by atoms with E-state index in [1.807, 2.05) is 0 Å². The summed E-state index contributed by atoms with van der Waals surface area (Å²) >= 11 is 0. The molecular formula is C12H15N5O3. The molecule has 106 valence electrons. The molecule has 2 atom stereocenters. The Balaban J connectivity index is 1.66. The molecule has 2 unspecified atom stereocenters. The topological polar surface area (TPSA) is 97.2 Å². The number of amides is 3. The van der Waals surface area contributed by atoms with Gasteiger partial charge in [-0.3, -0.25) is 24.7 Å². The average Bonchev–Trinajstić information content (AvgIpc) is 3.03. The Bertz CT molecular complexity index is 517. The zero-order valence-electron chi connectivity index (χ0n) is 10.9. The minimum atomic E-state index is -0.440. The van der Waals surface area contributed by atoms with Gasteiger partial charge < -0.3 is 0 Å². The molecule has 1 saturated heterocycles. The van der Waals surface area contributed by atoms with Crippen LogP contribution in [0.4, 0.5) is 0 Å². The highest BCUT2D eigenvalue weighted by atomic mass is 16.2. The molecule has 3 rings (SSSR count). The van der Waals surface area contributed by atoms with Crippen LogP contribution < -0.4 is 5.43 Å². The van der Waals surface area contributed by atoms with E-state index < -0.39 is 5.91 Å². The molecule has 1 aliphatic heterocycles. The van der Waals surface area contributed by atoms with Gasteiger partial charge in [-0.15, -0.1) is 10.2 Å². The van der Waals surface area contributed by atoms with Crippen molar-refractivity contribution >= 4 is 17.7 Å². The van der Waals surface area contributed by atoms with Crippen LogP contribution in [0.1, 0.15) is 25.7 Å². The van der Waals surface area contributed by atoms with Gasteiger partial charge in [-0.25, -0.2) is 4.68 Å². The Morgan fingerprint density at radius 1 is 1.15 bits per heavy atom. The van der Waals surface area contributed by atoms with Crippen molar-refractivity contribution < 1.29 is 14.4 Å². The number of aromatic nitrogens is 3. The smallest absolute Gasteiger partial charge is 0.259 e. The highest BCUT2D eigenvalue weighted by Gasteiger charge is 2.48. The van der Waals surface area contributed by atoms with Crippen molar-refractivity contribution in [3.63, 3.8) is 0 Å². The van der Waals surface area contributed by atoms with Crippen molar-refractivity contribution in [2.45, 2.75) is 25.7 Å². The van der Waals surface area contributed by atoms with Gasteiger partial charge in [-0.05, 0) is 12.8 Å². The molecule has 0 aromatic carbocycles. The van der Waals surface area contributed by atoms with Crippen molar-refractivity contribution in [3.8, 4) is 0 Å². The lowest BCUT2D eigenvalue weighted by Crippen LogP contribution is -2.40. The molecule has 2 aliphatic rings. The third-order valence-corrected chi connectivity index (χ3v) is 3.91. The average molecular weight is 277 g/mol. The molecule has 8 heteroatoms. The fourth-order valence-corrected chi connectivity index (χ4v) is 2.97. The molecular weight excluding hydrogens is 262 g/mol. The number of hydrogen-bond donors (Lipinski definition) is 1. The molecule has 0 bridgehead atoms. The molecule has 0 radical (unpaired) electrons. The van der Waals surface area contributed by atoms with Crippen molar-refractivity contribution in [1.29, 1.82) is 0 Å². The first kappa shape index (κ1) is 12.8. The number of hydrogen-bond acceptors (Lipinski definition) is 5. The molecule has 1 aliphatic carbocycles. The van der Waals surface area contributed by atoms with Crippen LogP contribution in [0.5, 0.6) is 0 Å². The first-order valence-corrected chi connectivity index (χ1v) is 6.66. The van der Waals surface area contributed by atoms with Crippen LogP contribution in [0.3, 0.4) is 0 Å². The number of fused-ring (bicyclic) bond motifs is 1. The third-order valence-electron chi connectivity index (χ3n) is 3.91. The Morgan fingerprint density at radius 3 is 2.25 bits per heavy atom. The summed E-state index contributed by atoms with van der Waals surface area (Å²) in [6.07, 6.45) is 6.09. The summed E-state index contributed by atoms with van der Waals surface area (Å²) in [5, 5.41) is 7.09. The van der Waals surface area contributed by atoms with Gasteiger partial charge in [-0.2, -0.15) is 0 Å². The number of nitrogens with zero attached hydrogens (tertiary/aromatic N) is 4. The zero-order chi connectivity index (χ0) is 14.1. The second-order valence-corrected chi connectivity index (χ2v) is 5.16. The number of imide groups is 1. The van der Waals surface area contributed by atoms with Crippen LogP contribution in [0.2, 0.25) is 0 Å². The second-order valence-electron chi connectivity index (χ2n) is 5.16. The first-order valence-electron chi connectivity index (χ1n) is 6.66. The highest BCUT2D eigenvalue weighted by molar-refractivity contribution is 6.08. The largest absolute Gasteiger partial charge is 0.274 e. The predicted molar refractivity (Wildman–Crippen MR) is 66.6 cm³/mol. The fourth-order valence-electron chi connectivity index (χ4n) is 2.97. The summed E-state index contributed by atoms with van der Waals surface area (Å²) in [5.74, 6) is -1.31. The van der Waals surface area contributed by atoms with Crippen molar-refractivity contribution in [1.82, 2.24) is 19.8 Å². The van der Waals surface area contributed by atoms with Crippen LogP contribution >= 0.6 is 0 Å². The maximum Gasteiger partial charge on any atom is 0.259 e. The third kappa shape index (κ3) is 2.17. The highest BCUT2D eigenvalue weighted by Crippen LogP contribution is 2.37. The first-order chi connectivity index (χ1) is 9.66. The van der Waals surface area contributed by atoms with Crippen LogP contribution in [0, 0.1) is 11.8 Å². The summed E-state index contributed by atoms with van der Waals surface area (Å²) in [6.45, 7) is -0.247. The quantitative estimate of drug-likeness (QED) is 0.753. The van der Waals surface area contributed by atoms with E-state index in [2.05, 4.69) is 15.6 Å². The normalized spacial score (nSPS) is 25.7. The standard InChI is InChI=1S/C12H15N5O3/c18-10(15-16-6-13-14-7-16)5-17-11(19)8-3-1-2-4-9(8)12(17)20/h6-9H,1-5H2,(H,15,18). The SMILES string of the molecule is O=C(CN1C(=O)C2CCCCC2C1=O)Nn1cnnc1. The number of rotatable bonds is 3. The zero-order valence-corrected chi connectivity index (χ0v) is 10.9. The lowest BCUT2D eigenvalue weighted by Gasteiger charge is -2.19. The van der Waals surface area contributed by atoms with Gasteiger partial charge in [-0.1, -0.05) is 12.8 Å². The van der Waals surface area contributed by atoms with Gasteiger partial charge in [0.2, 0.25) is 11.8 Å². The van der Waals surface area contributed by atoms with Crippen molar-refractivity contribution in [2.24, 2.45) is 11.8 Å². The van der Waals surface area contributed by atoms with E-state index in [-0.39, 0.29) is 30.2 Å². The number of nitrogens with one attached hydrogen (secondary N) is 1. The summed E-state index contributed by atoms with van der Waals surface area (Å²) in [5.41, 5.74) is 2.48. The monoisotopic (exact) mass is 277 g/mol. The van der Waals surface area contributed by atoms with E-state index in [0.29, 0.717) is 0 Å². The molecule has 8 nitrogen and oxygen atoms in total. The summed E-state index contributed by atoms with van der Waals surface area (Å²) in [7, 11) is 0. The summed E-state index contributed by atoms with van der Waals surface area (Å²) in [6, 6.07) is 0. The Morgan fingerprint density at radius 2 is 1.70 bits per heavy atom. The Labute approximate surface area is 115 Å². The van der Waals surface area contributed by atoms with E-state index in [1.54, 1.807) is 0 Å². The summed E-state index contributed by atoms with van der Waals surface area (Å²) < 4.78 is 1.28. The molecule has 1 aromatic rings. The Kier molecular flexibility index (Phi) is 3.21. The van der Waals surface area contributed by atoms with Gasteiger partial charge in [0.1, 0.15) is 19.2 Å². The van der Waals surface area contributed by atoms with Gasteiger partial charge in [0, 0.05) is 0 Å². The van der Waals surface area contributed by atoms with Gasteiger partial charge in [0.15, 0.2) is 0 Å². The number of likely N-dealkylation sites (tertiary alicyclic amines) is 1. The van der Waals surface area contributed by atoms with Crippen LogP contribution in [-0.4, -0.2) is 44.0 Å². The second kappa shape index (κ2) is 5.03. The molecule has 1 N–H and O–H groups in total. The molecule has 0 spiro atoms. The molecule has 1 aromatic heterocycles. The number of carbonyl (C=O) groups excluding carboxylic acids is 3. The molecule has 1 saturated carbocycles. The van der Waals surface area contributed by atoms with Crippen molar-refractivity contribution in [2.75, 3.05) is 12.0 Å². The lowest BCUT2D eigenvalue weighted by atomic mass is 9.81. The van der Waals surface area contributed by atoms with E-state index in [0.717, 1.165) is 30.6 Å². The Hall–Kier alpha value is -2.25. The summed E-state index contributed by atoms with van der Waals surface area (Å²) in [4.78, 5) is 37.3. The molecule has 3 amide bonds. The maximum absolute atomic E-state index is 12.2. The number of carbonyl (C=O) groups is 3. The van der Waals surface area contributed by atoms with E-state index in [9.17, 15) is 14.4 Å².